The molecule has 0 saturated carbocycles. The molecule has 2 nitrogen and oxygen atoms in total. The van der Waals surface area contributed by atoms with E-state index in [9.17, 15) is 0 Å². The van der Waals surface area contributed by atoms with Gasteiger partial charge in [0.2, 0.25) is 0 Å². The van der Waals surface area contributed by atoms with E-state index >= 15 is 0 Å². The Kier molecular flexibility index (Phi) is 4.14. The average Bonchev–Trinajstić information content (AvgIpc) is 2.24. The smallest absolute Gasteiger partial charge is 0.0813 e. The highest BCUT2D eigenvalue weighted by molar-refractivity contribution is 5.72. The zero-order valence-electron chi connectivity index (χ0n) is 11.5. The molecule has 1 rings (SSSR count). The van der Waals surface area contributed by atoms with Crippen LogP contribution in [0.1, 0.15) is 56.2 Å². The van der Waals surface area contributed by atoms with Crippen molar-refractivity contribution in [2.45, 2.75) is 46.5 Å². The van der Waals surface area contributed by atoms with Crippen molar-refractivity contribution >= 4 is 17.2 Å². The third-order valence-electron chi connectivity index (χ3n) is 3.09. The monoisotopic (exact) mass is 230 g/mol. The van der Waals surface area contributed by atoms with Crippen LogP contribution in [-0.2, 0) is 0 Å². The molecule has 0 heterocycles. The number of aliphatic imine (C=N–C) groups is 1. The van der Waals surface area contributed by atoms with E-state index in [4.69, 9.17) is 5.73 Å². The van der Waals surface area contributed by atoms with Gasteiger partial charge in [0.1, 0.15) is 0 Å². The number of benzene rings is 1. The number of nitrogens with zero attached hydrogens (tertiary/aromatic N) is 1. The average molecular weight is 230 g/mol. The van der Waals surface area contributed by atoms with Crippen molar-refractivity contribution in [1.82, 2.24) is 0 Å². The van der Waals surface area contributed by atoms with Gasteiger partial charge in [-0.2, -0.15) is 0 Å². The van der Waals surface area contributed by atoms with E-state index in [0.717, 1.165) is 16.9 Å². The molecule has 0 spiro atoms. The van der Waals surface area contributed by atoms with E-state index in [1.54, 1.807) is 0 Å². The van der Waals surface area contributed by atoms with Crippen LogP contribution < -0.4 is 5.73 Å². The second-order valence-corrected chi connectivity index (χ2v) is 5.02. The molecule has 0 fully saturated rings. The molecule has 0 unspecified atom stereocenters. The van der Waals surface area contributed by atoms with Gasteiger partial charge in [0.15, 0.2) is 0 Å². The van der Waals surface area contributed by atoms with E-state index in [1.165, 1.54) is 11.1 Å². The molecule has 0 aliphatic rings. The van der Waals surface area contributed by atoms with E-state index in [-0.39, 0.29) is 0 Å². The second kappa shape index (κ2) is 5.20. The van der Waals surface area contributed by atoms with Gasteiger partial charge in [0, 0.05) is 5.69 Å². The summed E-state index contributed by atoms with van der Waals surface area (Å²) in [6.07, 6.45) is 0. The summed E-state index contributed by atoms with van der Waals surface area (Å²) < 4.78 is 0. The zero-order chi connectivity index (χ0) is 13.2. The molecule has 0 saturated heterocycles. The normalized spacial score (nSPS) is 10.8. The van der Waals surface area contributed by atoms with Gasteiger partial charge in [0.05, 0.1) is 5.69 Å². The van der Waals surface area contributed by atoms with Crippen LogP contribution in [-0.4, -0.2) is 5.87 Å². The van der Waals surface area contributed by atoms with Crippen LogP contribution in [0, 0.1) is 6.92 Å². The van der Waals surface area contributed by atoms with E-state index in [0.29, 0.717) is 11.8 Å². The highest BCUT2D eigenvalue weighted by Crippen LogP contribution is 2.38. The summed E-state index contributed by atoms with van der Waals surface area (Å²) in [4.78, 5) is 4.25. The first-order valence-electron chi connectivity index (χ1n) is 6.05. The predicted octanol–water partition coefficient (Wildman–Crippen LogP) is 4.31. The Labute approximate surface area is 104 Å². The quantitative estimate of drug-likeness (QED) is 0.609. The van der Waals surface area contributed by atoms with Crippen LogP contribution in [0.2, 0.25) is 0 Å². The lowest BCUT2D eigenvalue weighted by atomic mass is 9.90. The van der Waals surface area contributed by atoms with Gasteiger partial charge in [-0.3, -0.25) is 0 Å². The minimum atomic E-state index is 0.416. The van der Waals surface area contributed by atoms with Crippen molar-refractivity contribution in [1.29, 1.82) is 0 Å². The number of hydrogen-bond donors (Lipinski definition) is 1. The van der Waals surface area contributed by atoms with E-state index in [2.05, 4.69) is 51.2 Å². The van der Waals surface area contributed by atoms with Gasteiger partial charge in [0.25, 0.3) is 0 Å². The molecule has 0 radical (unpaired) electrons. The number of anilines is 1. The zero-order valence-corrected chi connectivity index (χ0v) is 11.5. The maximum absolute atomic E-state index is 6.18. The van der Waals surface area contributed by atoms with Crippen LogP contribution in [0.25, 0.3) is 0 Å². The molecule has 2 N–H and O–H groups in total. The summed E-state index contributed by atoms with van der Waals surface area (Å²) in [6, 6.07) is 2.17. The van der Waals surface area contributed by atoms with Crippen molar-refractivity contribution in [2.24, 2.45) is 4.99 Å². The molecular formula is C15H22N2. The van der Waals surface area contributed by atoms with Crippen molar-refractivity contribution in [3.8, 4) is 0 Å². The Hall–Kier alpha value is -1.53. The van der Waals surface area contributed by atoms with Crippen LogP contribution in [0.4, 0.5) is 11.4 Å². The maximum atomic E-state index is 6.18. The van der Waals surface area contributed by atoms with Crippen LogP contribution in [0.15, 0.2) is 17.6 Å². The first kappa shape index (κ1) is 13.5. The Morgan fingerprint density at radius 1 is 1.18 bits per heavy atom. The lowest BCUT2D eigenvalue weighted by molar-refractivity contribution is 0.834. The Morgan fingerprint density at radius 3 is 2.12 bits per heavy atom. The summed E-state index contributed by atoms with van der Waals surface area (Å²) in [5.41, 5.74) is 11.4. The maximum Gasteiger partial charge on any atom is 0.0813 e. The molecule has 0 bridgehead atoms. The molecule has 2 heteroatoms. The first-order valence-corrected chi connectivity index (χ1v) is 6.05. The molecule has 0 aliphatic carbocycles. The number of nitrogens with two attached hydrogens (primary N) is 1. The fourth-order valence-corrected chi connectivity index (χ4v) is 2.02. The minimum Gasteiger partial charge on any atom is -0.398 e. The third-order valence-corrected chi connectivity index (χ3v) is 3.09. The Bertz CT molecular complexity index is 464. The summed E-state index contributed by atoms with van der Waals surface area (Å²) >= 11 is 0. The lowest BCUT2D eigenvalue weighted by Crippen LogP contribution is -2.03. The van der Waals surface area contributed by atoms with Crippen LogP contribution in [0.5, 0.6) is 0 Å². The standard InChI is InChI=1S/C15H22N2/c1-7-17-15-11(6)14(16)12(9(2)3)8-13(15)10(4)5/h8-10H,1,16H2,2-6H3. The Balaban J connectivity index is 3.62. The van der Waals surface area contributed by atoms with E-state index < -0.39 is 0 Å². The summed E-state index contributed by atoms with van der Waals surface area (Å²) in [5.74, 6) is 3.46. The van der Waals surface area contributed by atoms with Gasteiger partial charge >= 0.3 is 0 Å². The molecule has 17 heavy (non-hydrogen) atoms. The van der Waals surface area contributed by atoms with Crippen molar-refractivity contribution in [3.63, 3.8) is 0 Å². The van der Waals surface area contributed by atoms with Crippen molar-refractivity contribution in [2.75, 3.05) is 5.73 Å². The highest BCUT2D eigenvalue weighted by Gasteiger charge is 2.16. The lowest BCUT2D eigenvalue weighted by Gasteiger charge is -2.19. The number of nitrogen functional groups attached to an aromatic ring is 1. The predicted molar refractivity (Wildman–Crippen MR) is 76.5 cm³/mol. The first-order chi connectivity index (χ1) is 7.90. The van der Waals surface area contributed by atoms with E-state index in [1.807, 2.05) is 6.92 Å². The minimum absolute atomic E-state index is 0.416. The van der Waals surface area contributed by atoms with Gasteiger partial charge in [-0.05, 0) is 47.9 Å². The molecule has 0 aromatic heterocycles. The summed E-state index contributed by atoms with van der Waals surface area (Å²) in [6.45, 7) is 14.2. The fourth-order valence-electron chi connectivity index (χ4n) is 2.02. The highest BCUT2D eigenvalue weighted by atomic mass is 14.7. The molecular weight excluding hydrogens is 208 g/mol. The molecule has 0 atom stereocenters. The van der Waals surface area contributed by atoms with Gasteiger partial charge in [-0.1, -0.05) is 33.8 Å². The largest absolute Gasteiger partial charge is 0.398 e. The van der Waals surface area contributed by atoms with Crippen molar-refractivity contribution < 1.29 is 0 Å². The third kappa shape index (κ3) is 2.59. The summed E-state index contributed by atoms with van der Waals surface area (Å²) in [7, 11) is 0. The van der Waals surface area contributed by atoms with Crippen LogP contribution in [0.3, 0.4) is 0 Å². The topological polar surface area (TPSA) is 38.4 Å². The second-order valence-electron chi connectivity index (χ2n) is 5.02. The molecule has 0 amide bonds. The summed E-state index contributed by atoms with van der Waals surface area (Å²) in [5, 5.41) is 0. The van der Waals surface area contributed by atoms with Crippen LogP contribution >= 0.6 is 0 Å². The molecule has 1 aromatic carbocycles. The Morgan fingerprint density at radius 2 is 1.71 bits per heavy atom. The molecule has 1 aromatic rings. The molecule has 0 aliphatic heterocycles. The van der Waals surface area contributed by atoms with Gasteiger partial charge < -0.3 is 5.73 Å². The number of rotatable bonds is 3. The SMILES string of the molecule is C=C=Nc1c(C(C)C)cc(C(C)C)c(N)c1C. The van der Waals surface area contributed by atoms with Crippen molar-refractivity contribution in [3.05, 3.63) is 29.3 Å². The van der Waals surface area contributed by atoms with Gasteiger partial charge in [-0.25, -0.2) is 4.99 Å². The van der Waals surface area contributed by atoms with Gasteiger partial charge in [-0.15, -0.1) is 0 Å². The number of hydrogen-bond acceptors (Lipinski definition) is 2. The fraction of sp³-hybridized carbons (Fsp3) is 0.467. The molecule has 92 valence electrons.